The van der Waals surface area contributed by atoms with Gasteiger partial charge in [0.2, 0.25) is 5.75 Å². The number of aromatic nitrogens is 1. The fourth-order valence-electron chi connectivity index (χ4n) is 2.95. The lowest BCUT2D eigenvalue weighted by Crippen LogP contribution is -2.41. The van der Waals surface area contributed by atoms with Crippen LogP contribution in [0.2, 0.25) is 0 Å². The van der Waals surface area contributed by atoms with Gasteiger partial charge >= 0.3 is 6.03 Å². The summed E-state index contributed by atoms with van der Waals surface area (Å²) < 4.78 is 21.7. The van der Waals surface area contributed by atoms with E-state index in [-0.39, 0.29) is 6.03 Å². The quantitative estimate of drug-likeness (QED) is 0.644. The smallest absolute Gasteiger partial charge is 0.317 e. The average molecular weight is 405 g/mol. The lowest BCUT2D eigenvalue weighted by Gasteiger charge is -2.23. The number of nitrogens with zero attached hydrogens (tertiary/aromatic N) is 2. The van der Waals surface area contributed by atoms with E-state index in [1.165, 1.54) is 0 Å². The molecule has 160 valence electrons. The predicted molar refractivity (Wildman–Crippen MR) is 111 cm³/mol. The van der Waals surface area contributed by atoms with Crippen molar-refractivity contribution in [2.45, 2.75) is 33.7 Å². The zero-order chi connectivity index (χ0) is 21.4. The molecule has 1 N–H and O–H groups in total. The number of amides is 2. The Morgan fingerprint density at radius 3 is 2.31 bits per heavy atom. The molecule has 0 saturated heterocycles. The van der Waals surface area contributed by atoms with Crippen molar-refractivity contribution in [2.75, 3.05) is 34.4 Å². The summed E-state index contributed by atoms with van der Waals surface area (Å²) in [5.74, 6) is 2.45. The lowest BCUT2D eigenvalue weighted by molar-refractivity contribution is 0.186. The molecule has 2 aromatic rings. The minimum absolute atomic E-state index is 0.0992. The number of urea groups is 1. The maximum Gasteiger partial charge on any atom is 0.317 e. The van der Waals surface area contributed by atoms with Crippen LogP contribution in [0.15, 0.2) is 22.7 Å². The Morgan fingerprint density at radius 1 is 1.14 bits per heavy atom. The SMILES string of the molecule is CCCNC(=O)N(Cc1cc(-c2cc(OC)c(OC)c(OC)c2)on1)CC(C)C. The molecular formula is C21H31N3O5. The van der Waals surface area contributed by atoms with Gasteiger partial charge in [-0.3, -0.25) is 0 Å². The lowest BCUT2D eigenvalue weighted by atomic mass is 10.1. The first-order chi connectivity index (χ1) is 13.9. The molecule has 29 heavy (non-hydrogen) atoms. The van der Waals surface area contributed by atoms with Gasteiger partial charge in [0.15, 0.2) is 17.3 Å². The van der Waals surface area contributed by atoms with Crippen LogP contribution in [0.25, 0.3) is 11.3 Å². The second-order valence-corrected chi connectivity index (χ2v) is 7.10. The van der Waals surface area contributed by atoms with Gasteiger partial charge in [-0.25, -0.2) is 4.79 Å². The molecule has 1 aromatic heterocycles. The molecule has 1 aromatic carbocycles. The molecule has 8 nitrogen and oxygen atoms in total. The van der Waals surface area contributed by atoms with E-state index in [1.54, 1.807) is 38.4 Å². The van der Waals surface area contributed by atoms with Gasteiger partial charge in [-0.05, 0) is 24.5 Å². The third kappa shape index (κ3) is 5.79. The van der Waals surface area contributed by atoms with Gasteiger partial charge in [-0.15, -0.1) is 0 Å². The van der Waals surface area contributed by atoms with Gasteiger partial charge in [-0.1, -0.05) is 25.9 Å². The van der Waals surface area contributed by atoms with Crippen molar-refractivity contribution in [1.29, 1.82) is 0 Å². The summed E-state index contributed by atoms with van der Waals surface area (Å²) >= 11 is 0. The Labute approximate surface area is 172 Å². The van der Waals surface area contributed by atoms with Gasteiger partial charge in [-0.2, -0.15) is 0 Å². The summed E-state index contributed by atoms with van der Waals surface area (Å²) in [5, 5.41) is 7.07. The summed E-state index contributed by atoms with van der Waals surface area (Å²) in [6.45, 7) is 7.80. The molecular weight excluding hydrogens is 374 g/mol. The van der Waals surface area contributed by atoms with E-state index in [4.69, 9.17) is 18.7 Å². The van der Waals surface area contributed by atoms with Crippen molar-refractivity contribution in [1.82, 2.24) is 15.4 Å². The predicted octanol–water partition coefficient (Wildman–Crippen LogP) is 3.95. The summed E-state index contributed by atoms with van der Waals surface area (Å²) in [4.78, 5) is 14.2. The van der Waals surface area contributed by atoms with E-state index in [2.05, 4.69) is 24.3 Å². The standard InChI is InChI=1S/C21H31N3O5/c1-7-8-22-21(25)24(12-14(2)3)13-16-11-17(29-23-16)15-9-18(26-4)20(28-6)19(10-15)27-5/h9-11,14H,7-8,12-13H2,1-6H3,(H,22,25). The number of hydrogen-bond acceptors (Lipinski definition) is 6. The van der Waals surface area contributed by atoms with Crippen LogP contribution in [0, 0.1) is 5.92 Å². The molecule has 0 saturated carbocycles. The first kappa shape index (κ1) is 22.4. The molecule has 0 aliphatic rings. The molecule has 0 spiro atoms. The van der Waals surface area contributed by atoms with Gasteiger partial charge in [0, 0.05) is 24.7 Å². The van der Waals surface area contributed by atoms with E-state index >= 15 is 0 Å². The first-order valence-electron chi connectivity index (χ1n) is 9.72. The van der Waals surface area contributed by atoms with E-state index in [0.717, 1.165) is 12.0 Å². The van der Waals surface area contributed by atoms with Crippen molar-refractivity contribution in [3.63, 3.8) is 0 Å². The molecule has 0 unspecified atom stereocenters. The van der Waals surface area contributed by atoms with Crippen LogP contribution < -0.4 is 19.5 Å². The highest BCUT2D eigenvalue weighted by Gasteiger charge is 2.19. The second-order valence-electron chi connectivity index (χ2n) is 7.10. The molecule has 0 atom stereocenters. The maximum atomic E-state index is 12.5. The fraction of sp³-hybridized carbons (Fsp3) is 0.524. The number of nitrogens with one attached hydrogen (secondary N) is 1. The molecule has 2 amide bonds. The maximum absolute atomic E-state index is 12.5. The monoisotopic (exact) mass is 405 g/mol. The molecule has 0 bridgehead atoms. The minimum atomic E-state index is -0.0992. The van der Waals surface area contributed by atoms with Crippen LogP contribution in [0.5, 0.6) is 17.2 Å². The van der Waals surface area contributed by atoms with Gasteiger partial charge in [0.1, 0.15) is 5.69 Å². The zero-order valence-electron chi connectivity index (χ0n) is 18.1. The Hall–Kier alpha value is -2.90. The Kier molecular flexibility index (Phi) is 8.18. The molecule has 0 radical (unpaired) electrons. The Balaban J connectivity index is 2.26. The van der Waals surface area contributed by atoms with E-state index in [0.29, 0.717) is 54.3 Å². The summed E-state index contributed by atoms with van der Waals surface area (Å²) in [6, 6.07) is 5.32. The highest BCUT2D eigenvalue weighted by atomic mass is 16.5. The van der Waals surface area contributed by atoms with Crippen LogP contribution >= 0.6 is 0 Å². The number of rotatable bonds is 10. The van der Waals surface area contributed by atoms with Gasteiger partial charge in [0.05, 0.1) is 27.9 Å². The van der Waals surface area contributed by atoms with Crippen molar-refractivity contribution in [2.24, 2.45) is 5.92 Å². The van der Waals surface area contributed by atoms with Crippen molar-refractivity contribution in [3.8, 4) is 28.6 Å². The second kappa shape index (κ2) is 10.6. The zero-order valence-corrected chi connectivity index (χ0v) is 18.1. The molecule has 0 aliphatic carbocycles. The first-order valence-corrected chi connectivity index (χ1v) is 9.72. The normalized spacial score (nSPS) is 10.7. The molecule has 0 fully saturated rings. The van der Waals surface area contributed by atoms with E-state index in [9.17, 15) is 4.79 Å². The highest BCUT2D eigenvalue weighted by molar-refractivity contribution is 5.74. The average Bonchev–Trinajstić information content (AvgIpc) is 3.18. The number of carbonyl (C=O) groups excluding carboxylic acids is 1. The number of ether oxygens (including phenoxy) is 3. The summed E-state index contributed by atoms with van der Waals surface area (Å²) in [6.07, 6.45) is 0.885. The van der Waals surface area contributed by atoms with Crippen LogP contribution in [0.4, 0.5) is 4.79 Å². The molecule has 8 heteroatoms. The van der Waals surface area contributed by atoms with Gasteiger partial charge < -0.3 is 29.0 Å². The van der Waals surface area contributed by atoms with Crippen molar-refractivity contribution >= 4 is 6.03 Å². The number of methoxy groups -OCH3 is 3. The largest absolute Gasteiger partial charge is 0.493 e. The highest BCUT2D eigenvalue weighted by Crippen LogP contribution is 2.41. The number of carbonyl (C=O) groups is 1. The molecule has 1 heterocycles. The minimum Gasteiger partial charge on any atom is -0.493 e. The van der Waals surface area contributed by atoms with Crippen molar-refractivity contribution in [3.05, 3.63) is 23.9 Å². The third-order valence-corrected chi connectivity index (χ3v) is 4.26. The van der Waals surface area contributed by atoms with Crippen molar-refractivity contribution < 1.29 is 23.5 Å². The summed E-state index contributed by atoms with van der Waals surface area (Å²) in [5.41, 5.74) is 1.41. The van der Waals surface area contributed by atoms with Crippen LogP contribution in [-0.2, 0) is 6.54 Å². The van der Waals surface area contributed by atoms with Gasteiger partial charge in [0.25, 0.3) is 0 Å². The van der Waals surface area contributed by atoms with E-state index in [1.807, 2.05) is 13.0 Å². The van der Waals surface area contributed by atoms with Crippen LogP contribution in [0.1, 0.15) is 32.9 Å². The Morgan fingerprint density at radius 2 is 1.79 bits per heavy atom. The molecule has 2 rings (SSSR count). The molecule has 0 aliphatic heterocycles. The van der Waals surface area contributed by atoms with Crippen LogP contribution in [-0.4, -0.2) is 50.5 Å². The fourth-order valence-corrected chi connectivity index (χ4v) is 2.95. The summed E-state index contributed by atoms with van der Waals surface area (Å²) in [7, 11) is 4.68. The number of hydrogen-bond donors (Lipinski definition) is 1. The number of benzene rings is 1. The third-order valence-electron chi connectivity index (χ3n) is 4.26. The Bertz CT molecular complexity index is 778. The topological polar surface area (TPSA) is 86.1 Å². The van der Waals surface area contributed by atoms with Crippen LogP contribution in [0.3, 0.4) is 0 Å². The van der Waals surface area contributed by atoms with E-state index < -0.39 is 0 Å².